The lowest BCUT2D eigenvalue weighted by atomic mass is 10.1. The fraction of sp³-hybridized carbons (Fsp3) is 0.500. The monoisotopic (exact) mass is 318 g/mol. The molecular weight excluding hydrogens is 299 g/mol. The molecule has 3 N–H and O–H groups in total. The van der Waals surface area contributed by atoms with Crippen molar-refractivity contribution in [3.05, 3.63) is 33.8 Å². The largest absolute Gasteiger partial charge is 0.444 e. The third-order valence-corrected chi connectivity index (χ3v) is 3.13. The molecule has 112 valence electrons. The van der Waals surface area contributed by atoms with E-state index in [1.165, 1.54) is 0 Å². The Kier molecular flexibility index (Phi) is 6.11. The van der Waals surface area contributed by atoms with Crippen molar-refractivity contribution in [3.8, 4) is 0 Å². The molecular formula is C14H20Cl2N2O2. The Morgan fingerprint density at radius 2 is 2.00 bits per heavy atom. The van der Waals surface area contributed by atoms with Crippen molar-refractivity contribution in [2.75, 3.05) is 6.54 Å². The molecule has 0 fully saturated rings. The summed E-state index contributed by atoms with van der Waals surface area (Å²) in [6, 6.07) is 5.14. The first-order chi connectivity index (χ1) is 9.17. The maximum Gasteiger partial charge on any atom is 0.407 e. The molecule has 1 amide bonds. The van der Waals surface area contributed by atoms with Crippen LogP contribution in [0.2, 0.25) is 10.0 Å². The molecule has 0 spiro atoms. The van der Waals surface area contributed by atoms with Crippen molar-refractivity contribution in [2.24, 2.45) is 5.73 Å². The van der Waals surface area contributed by atoms with E-state index in [4.69, 9.17) is 33.7 Å². The Hall–Kier alpha value is -0.970. The molecule has 0 saturated carbocycles. The van der Waals surface area contributed by atoms with Gasteiger partial charge in [-0.25, -0.2) is 4.79 Å². The summed E-state index contributed by atoms with van der Waals surface area (Å²) in [6.07, 6.45) is 0.120. The number of rotatable bonds is 4. The van der Waals surface area contributed by atoms with Gasteiger partial charge in [0.15, 0.2) is 0 Å². The van der Waals surface area contributed by atoms with Crippen LogP contribution in [0.4, 0.5) is 4.79 Å². The van der Waals surface area contributed by atoms with E-state index in [0.29, 0.717) is 23.0 Å². The van der Waals surface area contributed by atoms with E-state index < -0.39 is 11.7 Å². The van der Waals surface area contributed by atoms with Gasteiger partial charge in [0, 0.05) is 12.6 Å². The van der Waals surface area contributed by atoms with Crippen molar-refractivity contribution in [3.63, 3.8) is 0 Å². The van der Waals surface area contributed by atoms with E-state index in [9.17, 15) is 4.79 Å². The van der Waals surface area contributed by atoms with Gasteiger partial charge in [-0.3, -0.25) is 0 Å². The zero-order valence-corrected chi connectivity index (χ0v) is 13.4. The summed E-state index contributed by atoms with van der Waals surface area (Å²) in [6.45, 7) is 5.75. The first-order valence-electron chi connectivity index (χ1n) is 6.34. The molecule has 0 aliphatic carbocycles. The van der Waals surface area contributed by atoms with Gasteiger partial charge in [0.1, 0.15) is 5.60 Å². The Balaban J connectivity index is 2.42. The summed E-state index contributed by atoms with van der Waals surface area (Å²) in [4.78, 5) is 11.5. The van der Waals surface area contributed by atoms with Crippen LogP contribution >= 0.6 is 23.2 Å². The molecule has 0 saturated heterocycles. The molecule has 1 unspecified atom stereocenters. The van der Waals surface area contributed by atoms with Crippen molar-refractivity contribution >= 4 is 29.3 Å². The standard InChI is InChI=1S/C14H20Cl2N2O2/c1-14(2,3)20-13(19)18-8-10(17)6-9-4-5-11(15)12(16)7-9/h4-5,7,10H,6,8,17H2,1-3H3,(H,18,19). The average Bonchev–Trinajstić information content (AvgIpc) is 2.29. The molecule has 0 aromatic heterocycles. The van der Waals surface area contributed by atoms with Gasteiger partial charge in [-0.15, -0.1) is 0 Å². The molecule has 1 aromatic rings. The number of nitrogens with two attached hydrogens (primary N) is 1. The van der Waals surface area contributed by atoms with Crippen LogP contribution in [0.1, 0.15) is 26.3 Å². The second-order valence-electron chi connectivity index (χ2n) is 5.60. The van der Waals surface area contributed by atoms with E-state index in [0.717, 1.165) is 5.56 Å². The number of ether oxygens (including phenoxy) is 1. The molecule has 20 heavy (non-hydrogen) atoms. The van der Waals surface area contributed by atoms with E-state index in [2.05, 4.69) is 5.32 Å². The number of nitrogens with one attached hydrogen (secondary N) is 1. The average molecular weight is 319 g/mol. The van der Waals surface area contributed by atoms with Gasteiger partial charge in [-0.1, -0.05) is 29.3 Å². The number of halogens is 2. The minimum absolute atomic E-state index is 0.222. The molecule has 0 radical (unpaired) electrons. The third kappa shape index (κ3) is 6.46. The topological polar surface area (TPSA) is 64.3 Å². The number of benzene rings is 1. The molecule has 1 rings (SSSR count). The van der Waals surface area contributed by atoms with Crippen molar-refractivity contribution in [2.45, 2.75) is 38.8 Å². The second-order valence-corrected chi connectivity index (χ2v) is 6.41. The minimum atomic E-state index is -0.516. The number of alkyl carbamates (subject to hydrolysis) is 1. The number of carbonyl (C=O) groups is 1. The van der Waals surface area contributed by atoms with E-state index in [-0.39, 0.29) is 6.04 Å². The summed E-state index contributed by atoms with van der Waals surface area (Å²) in [5.41, 5.74) is 6.41. The molecule has 0 bridgehead atoms. The number of hydrogen-bond donors (Lipinski definition) is 2. The predicted molar refractivity (Wildman–Crippen MR) is 82.4 cm³/mol. The minimum Gasteiger partial charge on any atom is -0.444 e. The molecule has 0 aliphatic heterocycles. The van der Waals surface area contributed by atoms with Crippen LogP contribution in [-0.2, 0) is 11.2 Å². The number of carbonyl (C=O) groups excluding carboxylic acids is 1. The van der Waals surface area contributed by atoms with E-state index >= 15 is 0 Å². The predicted octanol–water partition coefficient (Wildman–Crippen LogP) is 3.39. The highest BCUT2D eigenvalue weighted by Crippen LogP contribution is 2.22. The zero-order chi connectivity index (χ0) is 15.3. The molecule has 0 aliphatic rings. The lowest BCUT2D eigenvalue weighted by Gasteiger charge is -2.20. The summed E-state index contributed by atoms with van der Waals surface area (Å²) >= 11 is 11.8. The Morgan fingerprint density at radius 1 is 1.35 bits per heavy atom. The first kappa shape index (κ1) is 17.1. The molecule has 1 atom stereocenters. The fourth-order valence-electron chi connectivity index (χ4n) is 1.57. The lowest BCUT2D eigenvalue weighted by Crippen LogP contribution is -2.41. The van der Waals surface area contributed by atoms with Gasteiger partial charge in [0.25, 0.3) is 0 Å². The normalized spacial score (nSPS) is 12.9. The van der Waals surface area contributed by atoms with Gasteiger partial charge < -0.3 is 15.8 Å². The van der Waals surface area contributed by atoms with E-state index in [1.54, 1.807) is 12.1 Å². The molecule has 1 aromatic carbocycles. The SMILES string of the molecule is CC(C)(C)OC(=O)NCC(N)Cc1ccc(Cl)c(Cl)c1. The highest BCUT2D eigenvalue weighted by molar-refractivity contribution is 6.42. The van der Waals surface area contributed by atoms with Crippen LogP contribution in [0.15, 0.2) is 18.2 Å². The Labute approximate surface area is 129 Å². The summed E-state index contributed by atoms with van der Waals surface area (Å²) in [5, 5.41) is 3.65. The fourth-order valence-corrected chi connectivity index (χ4v) is 1.89. The lowest BCUT2D eigenvalue weighted by molar-refractivity contribution is 0.0524. The quantitative estimate of drug-likeness (QED) is 0.894. The zero-order valence-electron chi connectivity index (χ0n) is 11.9. The molecule has 0 heterocycles. The van der Waals surface area contributed by atoms with Crippen LogP contribution in [0.5, 0.6) is 0 Å². The van der Waals surface area contributed by atoms with Crippen LogP contribution < -0.4 is 11.1 Å². The summed E-state index contributed by atoms with van der Waals surface area (Å²) in [5.74, 6) is 0. The summed E-state index contributed by atoms with van der Waals surface area (Å²) < 4.78 is 5.13. The van der Waals surface area contributed by atoms with Crippen molar-refractivity contribution in [1.29, 1.82) is 0 Å². The molecule has 4 nitrogen and oxygen atoms in total. The van der Waals surface area contributed by atoms with E-state index in [1.807, 2.05) is 26.8 Å². The van der Waals surface area contributed by atoms with Gasteiger partial charge in [-0.05, 0) is 44.9 Å². The number of amides is 1. The maximum atomic E-state index is 11.5. The smallest absolute Gasteiger partial charge is 0.407 e. The first-order valence-corrected chi connectivity index (χ1v) is 7.09. The Bertz CT molecular complexity index is 473. The van der Waals surface area contributed by atoms with Crippen LogP contribution in [0.3, 0.4) is 0 Å². The van der Waals surface area contributed by atoms with Crippen molar-refractivity contribution in [1.82, 2.24) is 5.32 Å². The third-order valence-electron chi connectivity index (χ3n) is 2.39. The van der Waals surface area contributed by atoms with Crippen molar-refractivity contribution < 1.29 is 9.53 Å². The van der Waals surface area contributed by atoms with Crippen LogP contribution in [-0.4, -0.2) is 24.3 Å². The van der Waals surface area contributed by atoms with Gasteiger partial charge in [0.05, 0.1) is 10.0 Å². The maximum absolute atomic E-state index is 11.5. The Morgan fingerprint density at radius 3 is 2.55 bits per heavy atom. The van der Waals surface area contributed by atoms with Crippen LogP contribution in [0, 0.1) is 0 Å². The van der Waals surface area contributed by atoms with Gasteiger partial charge >= 0.3 is 6.09 Å². The van der Waals surface area contributed by atoms with Gasteiger partial charge in [0.2, 0.25) is 0 Å². The second kappa shape index (κ2) is 7.16. The number of hydrogen-bond acceptors (Lipinski definition) is 3. The molecule has 6 heteroatoms. The van der Waals surface area contributed by atoms with Crippen LogP contribution in [0.25, 0.3) is 0 Å². The highest BCUT2D eigenvalue weighted by atomic mass is 35.5. The summed E-state index contributed by atoms with van der Waals surface area (Å²) in [7, 11) is 0. The highest BCUT2D eigenvalue weighted by Gasteiger charge is 2.16. The van der Waals surface area contributed by atoms with Gasteiger partial charge in [-0.2, -0.15) is 0 Å².